The van der Waals surface area contributed by atoms with Gasteiger partial charge in [-0.25, -0.2) is 4.99 Å². The number of unbranched alkanes of at least 4 members (excludes halogenated alkanes) is 6. The minimum Gasteiger partial charge on any atom is -0.480 e. The van der Waals surface area contributed by atoms with Crippen molar-refractivity contribution in [1.29, 1.82) is 0 Å². The Labute approximate surface area is 153 Å². The number of nitrogens with one attached hydrogen (secondary N) is 1. The first kappa shape index (κ1) is 23.2. The zero-order valence-corrected chi connectivity index (χ0v) is 16.5. The molecule has 140 valence electrons. The van der Waals surface area contributed by atoms with Gasteiger partial charge in [0.25, 0.3) is 0 Å². The number of hydrogen-bond acceptors (Lipinski definition) is 4. The predicted octanol–water partition coefficient (Wildman–Crippen LogP) is 5.08. The number of thiocarbonyl (C=S) groups is 1. The topological polar surface area (TPSA) is 61.7 Å². The molecule has 0 aromatic heterocycles. The van der Waals surface area contributed by atoms with E-state index in [1.165, 1.54) is 44.9 Å². The third-order valence-corrected chi connectivity index (χ3v) is 4.84. The molecule has 4 nitrogen and oxygen atoms in total. The van der Waals surface area contributed by atoms with Gasteiger partial charge in [-0.05, 0) is 44.3 Å². The highest BCUT2D eigenvalue weighted by Crippen LogP contribution is 2.16. The molecule has 0 aliphatic rings. The van der Waals surface area contributed by atoms with Gasteiger partial charge in [-0.3, -0.25) is 4.79 Å². The Kier molecular flexibility index (Phi) is 15.2. The molecule has 0 bridgehead atoms. The fraction of sp³-hybridized carbons (Fsp3) is 0.895. The predicted molar refractivity (Wildman–Crippen MR) is 105 cm³/mol. The molecule has 0 aromatic carbocycles. The first-order chi connectivity index (χ1) is 11.5. The van der Waals surface area contributed by atoms with Gasteiger partial charge in [-0.1, -0.05) is 58.8 Å². The van der Waals surface area contributed by atoms with Gasteiger partial charge in [0.05, 0.1) is 5.16 Å². The van der Waals surface area contributed by atoms with Crippen molar-refractivity contribution >= 4 is 23.3 Å². The highest BCUT2D eigenvalue weighted by molar-refractivity contribution is 7.78. The molecule has 0 radical (unpaired) electrons. The van der Waals surface area contributed by atoms with E-state index < -0.39 is 12.0 Å². The maximum absolute atomic E-state index is 11.4. The van der Waals surface area contributed by atoms with Crippen LogP contribution in [-0.4, -0.2) is 34.9 Å². The summed E-state index contributed by atoms with van der Waals surface area (Å²) in [6, 6.07) is -0.294. The molecule has 0 saturated carbocycles. The third-order valence-electron chi connectivity index (χ3n) is 4.71. The van der Waals surface area contributed by atoms with Gasteiger partial charge in [0.2, 0.25) is 0 Å². The first-order valence-corrected chi connectivity index (χ1v) is 9.96. The van der Waals surface area contributed by atoms with Crippen LogP contribution in [0.4, 0.5) is 0 Å². The van der Waals surface area contributed by atoms with Gasteiger partial charge in [0, 0.05) is 12.6 Å². The molecular formula is C19H36N2O2S. The van der Waals surface area contributed by atoms with Crippen molar-refractivity contribution < 1.29 is 9.90 Å². The molecule has 3 unspecified atom stereocenters. The van der Waals surface area contributed by atoms with Gasteiger partial charge in [-0.2, -0.15) is 0 Å². The molecule has 0 saturated heterocycles. The van der Waals surface area contributed by atoms with Crippen molar-refractivity contribution in [1.82, 2.24) is 5.32 Å². The first-order valence-electron chi connectivity index (χ1n) is 9.55. The molecule has 0 fully saturated rings. The van der Waals surface area contributed by atoms with E-state index >= 15 is 0 Å². The molecule has 0 heterocycles. The number of isothiocyanates is 1. The Morgan fingerprint density at radius 1 is 1.08 bits per heavy atom. The zero-order chi connectivity index (χ0) is 18.2. The van der Waals surface area contributed by atoms with Gasteiger partial charge < -0.3 is 10.4 Å². The van der Waals surface area contributed by atoms with E-state index in [9.17, 15) is 9.90 Å². The van der Waals surface area contributed by atoms with E-state index in [2.05, 4.69) is 48.5 Å². The Morgan fingerprint density at radius 2 is 1.71 bits per heavy atom. The van der Waals surface area contributed by atoms with E-state index in [0.717, 1.165) is 6.42 Å². The summed E-state index contributed by atoms with van der Waals surface area (Å²) in [5, 5.41) is 14.9. The van der Waals surface area contributed by atoms with Gasteiger partial charge >= 0.3 is 5.97 Å². The van der Waals surface area contributed by atoms with Crippen LogP contribution in [0.2, 0.25) is 0 Å². The zero-order valence-electron chi connectivity index (χ0n) is 15.7. The standard InChI is InChI=1S/C19H36N2O2S/c1-4-5-6-7-8-9-10-12-16(2)17(3)21-18(19(22)23)13-11-14-20-15-24/h16-18,21H,4-14H2,1-3H3,(H,22,23). The van der Waals surface area contributed by atoms with Gasteiger partial charge in [0.15, 0.2) is 0 Å². The summed E-state index contributed by atoms with van der Waals surface area (Å²) >= 11 is 4.52. The molecular weight excluding hydrogens is 320 g/mol. The maximum atomic E-state index is 11.4. The van der Waals surface area contributed by atoms with Crippen LogP contribution in [0.15, 0.2) is 4.99 Å². The van der Waals surface area contributed by atoms with Crippen LogP contribution in [0.25, 0.3) is 0 Å². The van der Waals surface area contributed by atoms with E-state index in [-0.39, 0.29) is 6.04 Å². The molecule has 0 aliphatic heterocycles. The van der Waals surface area contributed by atoms with Crippen molar-refractivity contribution in [2.45, 2.75) is 97.1 Å². The highest BCUT2D eigenvalue weighted by Gasteiger charge is 2.21. The fourth-order valence-electron chi connectivity index (χ4n) is 2.85. The Balaban J connectivity index is 3.95. The van der Waals surface area contributed by atoms with E-state index in [1.807, 2.05) is 0 Å². The minimum absolute atomic E-state index is 0.209. The molecule has 0 aliphatic carbocycles. The lowest BCUT2D eigenvalue weighted by Gasteiger charge is -2.25. The lowest BCUT2D eigenvalue weighted by atomic mass is 9.95. The highest BCUT2D eigenvalue weighted by atomic mass is 32.1. The van der Waals surface area contributed by atoms with Crippen LogP contribution in [0.5, 0.6) is 0 Å². The lowest BCUT2D eigenvalue weighted by Crippen LogP contribution is -2.44. The summed E-state index contributed by atoms with van der Waals surface area (Å²) in [5.41, 5.74) is 0. The Hall–Kier alpha value is -0.770. The summed E-state index contributed by atoms with van der Waals surface area (Å²) in [6.45, 7) is 7.10. The molecule has 2 N–H and O–H groups in total. The second kappa shape index (κ2) is 15.7. The van der Waals surface area contributed by atoms with Crippen molar-refractivity contribution in [3.8, 4) is 0 Å². The van der Waals surface area contributed by atoms with Crippen LogP contribution < -0.4 is 5.32 Å². The molecule has 0 spiro atoms. The van der Waals surface area contributed by atoms with Gasteiger partial charge in [0.1, 0.15) is 6.04 Å². The number of rotatable bonds is 16. The summed E-state index contributed by atoms with van der Waals surface area (Å²) in [5.74, 6) is -0.294. The summed E-state index contributed by atoms with van der Waals surface area (Å²) < 4.78 is 0. The fourth-order valence-corrected chi connectivity index (χ4v) is 2.94. The maximum Gasteiger partial charge on any atom is 0.320 e. The second-order valence-corrected chi connectivity index (χ2v) is 7.03. The summed E-state index contributed by atoms with van der Waals surface area (Å²) in [6.07, 6.45) is 11.7. The number of nitrogens with zero attached hydrogens (tertiary/aromatic N) is 1. The van der Waals surface area contributed by atoms with Crippen LogP contribution in [0.3, 0.4) is 0 Å². The molecule has 0 rings (SSSR count). The van der Waals surface area contributed by atoms with Crippen molar-refractivity contribution in [2.24, 2.45) is 10.9 Å². The smallest absolute Gasteiger partial charge is 0.320 e. The number of carboxylic acid groups (broad SMARTS) is 1. The molecule has 3 atom stereocenters. The molecule has 0 aromatic rings. The Bertz CT molecular complexity index is 370. The van der Waals surface area contributed by atoms with Gasteiger partial charge in [-0.15, -0.1) is 0 Å². The molecule has 0 amide bonds. The van der Waals surface area contributed by atoms with Crippen LogP contribution in [-0.2, 0) is 4.79 Å². The minimum atomic E-state index is -0.781. The molecule has 5 heteroatoms. The Morgan fingerprint density at radius 3 is 2.29 bits per heavy atom. The SMILES string of the molecule is CCCCCCCCCC(C)C(C)NC(CCCN=C=S)C(=O)O. The quantitative estimate of drug-likeness (QED) is 0.230. The van der Waals surface area contributed by atoms with Crippen LogP contribution in [0, 0.1) is 5.92 Å². The molecule has 24 heavy (non-hydrogen) atoms. The van der Waals surface area contributed by atoms with Crippen molar-refractivity contribution in [2.75, 3.05) is 6.54 Å². The monoisotopic (exact) mass is 356 g/mol. The summed E-state index contributed by atoms with van der Waals surface area (Å²) in [7, 11) is 0. The number of aliphatic carboxylic acids is 1. The van der Waals surface area contributed by atoms with Crippen LogP contribution >= 0.6 is 12.2 Å². The average molecular weight is 357 g/mol. The number of carboxylic acids is 1. The largest absolute Gasteiger partial charge is 0.480 e. The van der Waals surface area contributed by atoms with Crippen molar-refractivity contribution in [3.05, 3.63) is 0 Å². The van der Waals surface area contributed by atoms with Crippen molar-refractivity contribution in [3.63, 3.8) is 0 Å². The van der Waals surface area contributed by atoms with E-state index in [1.54, 1.807) is 0 Å². The summed E-state index contributed by atoms with van der Waals surface area (Å²) in [4.78, 5) is 15.2. The average Bonchev–Trinajstić information content (AvgIpc) is 2.56. The lowest BCUT2D eigenvalue weighted by molar-refractivity contribution is -0.140. The normalized spacial score (nSPS) is 14.6. The number of carbonyl (C=O) groups is 1. The number of aliphatic imine (C=N–C) groups is 1. The second-order valence-electron chi connectivity index (χ2n) is 6.85. The van der Waals surface area contributed by atoms with E-state index in [0.29, 0.717) is 25.3 Å². The third kappa shape index (κ3) is 12.6. The van der Waals surface area contributed by atoms with E-state index in [4.69, 9.17) is 0 Å². The number of hydrogen-bond donors (Lipinski definition) is 2. The van der Waals surface area contributed by atoms with Crippen LogP contribution in [0.1, 0.15) is 85.0 Å².